The van der Waals surface area contributed by atoms with Crippen LogP contribution in [0.5, 0.6) is 5.75 Å². The molecule has 0 aromatic heterocycles. The average molecular weight is 431 g/mol. The molecule has 0 radical (unpaired) electrons. The van der Waals surface area contributed by atoms with Crippen LogP contribution in [0, 0.1) is 6.92 Å². The van der Waals surface area contributed by atoms with Crippen LogP contribution in [0.4, 0.5) is 13.2 Å². The number of hydrogen-bond donors (Lipinski definition) is 2. The number of aliphatic imine (C=N–C) groups is 1. The Bertz CT molecular complexity index is 663. The van der Waals surface area contributed by atoms with Gasteiger partial charge < -0.3 is 24.8 Å². The van der Waals surface area contributed by atoms with Crippen molar-refractivity contribution < 1.29 is 27.4 Å². The smallest absolute Gasteiger partial charge is 0.422 e. The Kier molecular flexibility index (Phi) is 10.2. The van der Waals surface area contributed by atoms with Crippen molar-refractivity contribution in [1.82, 2.24) is 10.6 Å². The predicted molar refractivity (Wildman–Crippen MR) is 110 cm³/mol. The van der Waals surface area contributed by atoms with Crippen molar-refractivity contribution >= 4 is 5.96 Å². The van der Waals surface area contributed by atoms with E-state index in [2.05, 4.69) is 15.6 Å². The molecule has 6 nitrogen and oxygen atoms in total. The molecule has 30 heavy (non-hydrogen) atoms. The Morgan fingerprint density at radius 1 is 1.23 bits per heavy atom. The number of halogens is 3. The van der Waals surface area contributed by atoms with E-state index in [0.717, 1.165) is 38.0 Å². The van der Waals surface area contributed by atoms with E-state index in [4.69, 9.17) is 14.2 Å². The highest BCUT2D eigenvalue weighted by Crippen LogP contribution is 2.24. The first-order valence-corrected chi connectivity index (χ1v) is 10.4. The Morgan fingerprint density at radius 2 is 2.00 bits per heavy atom. The van der Waals surface area contributed by atoms with E-state index in [-0.39, 0.29) is 18.4 Å². The zero-order chi connectivity index (χ0) is 21.8. The summed E-state index contributed by atoms with van der Waals surface area (Å²) in [5.74, 6) is 0.808. The van der Waals surface area contributed by atoms with Crippen LogP contribution in [0.15, 0.2) is 23.2 Å². The van der Waals surface area contributed by atoms with Crippen molar-refractivity contribution in [2.75, 3.05) is 39.5 Å². The van der Waals surface area contributed by atoms with Crippen molar-refractivity contribution in [2.45, 2.75) is 51.9 Å². The highest BCUT2D eigenvalue weighted by Gasteiger charge is 2.28. The number of ether oxygens (including phenoxy) is 3. The molecule has 1 aliphatic heterocycles. The van der Waals surface area contributed by atoms with E-state index in [1.807, 2.05) is 19.9 Å². The first kappa shape index (κ1) is 24.3. The minimum absolute atomic E-state index is 0.205. The molecule has 0 atom stereocenters. The maximum absolute atomic E-state index is 12.5. The summed E-state index contributed by atoms with van der Waals surface area (Å²) in [4.78, 5) is 4.48. The molecule has 2 rings (SSSR count). The van der Waals surface area contributed by atoms with Gasteiger partial charge in [0, 0.05) is 38.5 Å². The SMILES string of the molecule is CCNC(=NCc1ccc(C)cc1OCC(F)(F)F)NCCCOC1CCOCC1. The molecular weight excluding hydrogens is 399 g/mol. The summed E-state index contributed by atoms with van der Waals surface area (Å²) in [7, 11) is 0. The first-order chi connectivity index (χ1) is 14.4. The van der Waals surface area contributed by atoms with Gasteiger partial charge in [0.05, 0.1) is 12.6 Å². The van der Waals surface area contributed by atoms with Gasteiger partial charge in [-0.05, 0) is 44.7 Å². The summed E-state index contributed by atoms with van der Waals surface area (Å²) in [6.07, 6.45) is -1.41. The molecule has 1 aromatic rings. The Labute approximate surface area is 176 Å². The molecule has 1 heterocycles. The van der Waals surface area contributed by atoms with Crippen LogP contribution in [-0.4, -0.2) is 57.8 Å². The van der Waals surface area contributed by atoms with Gasteiger partial charge in [0.25, 0.3) is 0 Å². The van der Waals surface area contributed by atoms with E-state index < -0.39 is 12.8 Å². The second-order valence-corrected chi connectivity index (χ2v) is 7.17. The van der Waals surface area contributed by atoms with E-state index in [1.165, 1.54) is 0 Å². The molecule has 0 spiro atoms. The highest BCUT2D eigenvalue weighted by atomic mass is 19.4. The molecule has 170 valence electrons. The van der Waals surface area contributed by atoms with Gasteiger partial charge in [-0.25, -0.2) is 4.99 Å². The number of nitrogens with zero attached hydrogens (tertiary/aromatic N) is 1. The number of alkyl halides is 3. The first-order valence-electron chi connectivity index (χ1n) is 10.4. The molecule has 9 heteroatoms. The zero-order valence-corrected chi connectivity index (χ0v) is 17.7. The van der Waals surface area contributed by atoms with Crippen LogP contribution in [0.25, 0.3) is 0 Å². The highest BCUT2D eigenvalue weighted by molar-refractivity contribution is 5.79. The maximum Gasteiger partial charge on any atom is 0.422 e. The number of benzene rings is 1. The van der Waals surface area contributed by atoms with Crippen LogP contribution in [0.2, 0.25) is 0 Å². The third-order valence-electron chi connectivity index (χ3n) is 4.50. The summed E-state index contributed by atoms with van der Waals surface area (Å²) in [6, 6.07) is 5.18. The number of rotatable bonds is 10. The molecule has 2 N–H and O–H groups in total. The summed E-state index contributed by atoms with van der Waals surface area (Å²) < 4.78 is 53.7. The topological polar surface area (TPSA) is 64.1 Å². The van der Waals surface area contributed by atoms with E-state index >= 15 is 0 Å². The van der Waals surface area contributed by atoms with Crippen LogP contribution >= 0.6 is 0 Å². The quantitative estimate of drug-likeness (QED) is 0.337. The van der Waals surface area contributed by atoms with Gasteiger partial charge in [-0.3, -0.25) is 0 Å². The Morgan fingerprint density at radius 3 is 2.70 bits per heavy atom. The molecule has 0 aliphatic carbocycles. The van der Waals surface area contributed by atoms with Gasteiger partial charge in [0.1, 0.15) is 5.75 Å². The van der Waals surface area contributed by atoms with Gasteiger partial charge in [-0.1, -0.05) is 12.1 Å². The van der Waals surface area contributed by atoms with Gasteiger partial charge in [-0.2, -0.15) is 13.2 Å². The lowest BCUT2D eigenvalue weighted by Gasteiger charge is -2.22. The standard InChI is InChI=1S/C21H32F3N3O3/c1-3-25-20(26-9-4-10-29-18-7-11-28-12-8-18)27-14-17-6-5-16(2)13-19(17)30-15-21(22,23)24/h5-6,13,18H,3-4,7-12,14-15H2,1-2H3,(H2,25,26,27). The summed E-state index contributed by atoms with van der Waals surface area (Å²) in [5.41, 5.74) is 1.43. The zero-order valence-electron chi connectivity index (χ0n) is 17.7. The fraction of sp³-hybridized carbons (Fsp3) is 0.667. The van der Waals surface area contributed by atoms with E-state index in [0.29, 0.717) is 31.2 Å². The molecule has 0 saturated carbocycles. The minimum Gasteiger partial charge on any atom is -0.484 e. The molecule has 1 saturated heterocycles. The molecule has 0 unspecified atom stereocenters. The second-order valence-electron chi connectivity index (χ2n) is 7.17. The van der Waals surface area contributed by atoms with Gasteiger partial charge in [0.2, 0.25) is 0 Å². The third kappa shape index (κ3) is 9.67. The van der Waals surface area contributed by atoms with Crippen LogP contribution < -0.4 is 15.4 Å². The fourth-order valence-corrected chi connectivity index (χ4v) is 2.96. The number of nitrogens with one attached hydrogen (secondary N) is 2. The normalized spacial score (nSPS) is 15.8. The van der Waals surface area contributed by atoms with Crippen LogP contribution in [-0.2, 0) is 16.0 Å². The monoisotopic (exact) mass is 431 g/mol. The number of guanidine groups is 1. The van der Waals surface area contributed by atoms with Crippen molar-refractivity contribution in [3.05, 3.63) is 29.3 Å². The van der Waals surface area contributed by atoms with Gasteiger partial charge in [0.15, 0.2) is 12.6 Å². The summed E-state index contributed by atoms with van der Waals surface area (Å²) >= 11 is 0. The number of aryl methyl sites for hydroxylation is 1. The summed E-state index contributed by atoms with van der Waals surface area (Å²) in [6.45, 7) is 6.18. The summed E-state index contributed by atoms with van der Waals surface area (Å²) in [5, 5.41) is 6.37. The lowest BCUT2D eigenvalue weighted by atomic mass is 10.1. The van der Waals surface area contributed by atoms with E-state index in [1.54, 1.807) is 12.1 Å². The fourth-order valence-electron chi connectivity index (χ4n) is 2.96. The van der Waals surface area contributed by atoms with Gasteiger partial charge >= 0.3 is 6.18 Å². The van der Waals surface area contributed by atoms with Crippen molar-refractivity contribution in [3.8, 4) is 5.75 Å². The van der Waals surface area contributed by atoms with Crippen molar-refractivity contribution in [3.63, 3.8) is 0 Å². The van der Waals surface area contributed by atoms with Crippen LogP contribution in [0.3, 0.4) is 0 Å². The largest absolute Gasteiger partial charge is 0.484 e. The molecule has 1 fully saturated rings. The molecule has 0 bridgehead atoms. The maximum atomic E-state index is 12.5. The molecular formula is C21H32F3N3O3. The van der Waals surface area contributed by atoms with Gasteiger partial charge in [-0.15, -0.1) is 0 Å². The predicted octanol–water partition coefficient (Wildman–Crippen LogP) is 3.58. The third-order valence-corrected chi connectivity index (χ3v) is 4.50. The average Bonchev–Trinajstić information content (AvgIpc) is 2.71. The molecule has 0 amide bonds. The van der Waals surface area contributed by atoms with E-state index in [9.17, 15) is 13.2 Å². The Hall–Kier alpha value is -2.00. The molecule has 1 aromatic carbocycles. The van der Waals surface area contributed by atoms with Crippen molar-refractivity contribution in [1.29, 1.82) is 0 Å². The number of hydrogen-bond acceptors (Lipinski definition) is 4. The van der Waals surface area contributed by atoms with Crippen molar-refractivity contribution in [2.24, 2.45) is 4.99 Å². The lowest BCUT2D eigenvalue weighted by molar-refractivity contribution is -0.153. The second kappa shape index (κ2) is 12.6. The van der Waals surface area contributed by atoms with Crippen LogP contribution in [0.1, 0.15) is 37.3 Å². The molecule has 1 aliphatic rings. The lowest BCUT2D eigenvalue weighted by Crippen LogP contribution is -2.38. The Balaban J connectivity index is 1.84. The minimum atomic E-state index is -4.38.